The van der Waals surface area contributed by atoms with Crippen molar-refractivity contribution in [1.82, 2.24) is 25.5 Å². The first-order valence-corrected chi connectivity index (χ1v) is 14.2. The van der Waals surface area contributed by atoms with E-state index in [9.17, 15) is 9.59 Å². The second-order valence-corrected chi connectivity index (χ2v) is 10.6. The van der Waals surface area contributed by atoms with Crippen LogP contribution in [-0.2, 0) is 13.0 Å². The van der Waals surface area contributed by atoms with Crippen molar-refractivity contribution in [3.05, 3.63) is 130 Å². The molecule has 220 valence electrons. The van der Waals surface area contributed by atoms with E-state index in [1.165, 1.54) is 6.07 Å². The fraction of sp³-hybridized carbons (Fsp3) is 0.0909. The molecule has 1 atom stereocenters. The van der Waals surface area contributed by atoms with Gasteiger partial charge in [0.15, 0.2) is 5.82 Å². The maximum atomic E-state index is 13.9. The molecule has 2 amide bonds. The van der Waals surface area contributed by atoms with Crippen LogP contribution in [0.5, 0.6) is 5.75 Å². The Balaban J connectivity index is 1.32. The average Bonchev–Trinajstić information content (AvgIpc) is 3.62. The fourth-order valence-corrected chi connectivity index (χ4v) is 5.23. The smallest absolute Gasteiger partial charge is 0.252 e. The molecule has 0 aliphatic carbocycles. The maximum absolute atomic E-state index is 13.9. The number of nitrogens with zero attached hydrogens (tertiary/aromatic N) is 2. The molecule has 0 bridgehead atoms. The minimum Gasteiger partial charge on any atom is -0.489 e. The van der Waals surface area contributed by atoms with E-state index in [2.05, 4.69) is 20.5 Å². The van der Waals surface area contributed by atoms with E-state index in [0.717, 1.165) is 22.0 Å². The Bertz CT molecular complexity index is 1960. The lowest BCUT2D eigenvalue weighted by molar-refractivity contribution is 0.0930. The third-order valence-electron chi connectivity index (χ3n) is 7.23. The van der Waals surface area contributed by atoms with Crippen molar-refractivity contribution in [3.8, 4) is 17.0 Å². The number of fused-ring (bicyclic) bond motifs is 1. The van der Waals surface area contributed by atoms with Crippen molar-refractivity contribution in [1.29, 1.82) is 0 Å². The molecule has 0 aliphatic heterocycles. The van der Waals surface area contributed by atoms with Gasteiger partial charge in [0, 0.05) is 27.6 Å². The van der Waals surface area contributed by atoms with Crippen molar-refractivity contribution in [2.75, 3.05) is 5.73 Å². The molecule has 6 aromatic rings. The summed E-state index contributed by atoms with van der Waals surface area (Å²) in [6.07, 6.45) is 0.432. The lowest BCUT2D eigenvalue weighted by Gasteiger charge is -2.19. The number of carbonyl (C=O) groups is 2. The van der Waals surface area contributed by atoms with Crippen LogP contribution in [0.15, 0.2) is 97.1 Å². The molecule has 44 heavy (non-hydrogen) atoms. The van der Waals surface area contributed by atoms with Crippen LogP contribution in [0, 0.1) is 0 Å². The number of amides is 2. The molecule has 10 nitrogen and oxygen atoms in total. The van der Waals surface area contributed by atoms with Crippen LogP contribution in [0.3, 0.4) is 0 Å². The van der Waals surface area contributed by atoms with Gasteiger partial charge in [0.05, 0.1) is 11.6 Å². The van der Waals surface area contributed by atoms with E-state index >= 15 is 0 Å². The highest BCUT2D eigenvalue weighted by molar-refractivity contribution is 6.32. The second kappa shape index (κ2) is 12.3. The number of hydrogen-bond donors (Lipinski definition) is 5. The Morgan fingerprint density at radius 3 is 2.45 bits per heavy atom. The minimum atomic E-state index is -0.603. The van der Waals surface area contributed by atoms with Gasteiger partial charge in [-0.05, 0) is 54.4 Å². The first-order chi connectivity index (χ1) is 21.4. The van der Waals surface area contributed by atoms with Crippen LogP contribution >= 0.6 is 11.6 Å². The molecular formula is C33H28ClN7O3. The van der Waals surface area contributed by atoms with Crippen molar-refractivity contribution in [2.45, 2.75) is 19.1 Å². The number of nitrogen functional groups attached to an aromatic ring is 1. The molecule has 4 aromatic carbocycles. The number of rotatable bonds is 10. The summed E-state index contributed by atoms with van der Waals surface area (Å²) >= 11 is 6.67. The summed E-state index contributed by atoms with van der Waals surface area (Å²) in [6, 6.07) is 28.6. The first-order valence-electron chi connectivity index (χ1n) is 13.8. The van der Waals surface area contributed by atoms with Gasteiger partial charge in [-0.25, -0.2) is 4.98 Å². The highest BCUT2D eigenvalue weighted by atomic mass is 35.5. The number of primary amides is 1. The Labute approximate surface area is 257 Å². The van der Waals surface area contributed by atoms with E-state index in [1.54, 1.807) is 12.1 Å². The summed E-state index contributed by atoms with van der Waals surface area (Å²) in [4.78, 5) is 33.8. The molecule has 6 rings (SSSR count). The lowest BCUT2D eigenvalue weighted by Crippen LogP contribution is -2.31. The molecule has 11 heteroatoms. The maximum Gasteiger partial charge on any atom is 0.252 e. The molecule has 0 saturated heterocycles. The summed E-state index contributed by atoms with van der Waals surface area (Å²) in [7, 11) is 0. The monoisotopic (exact) mass is 605 g/mol. The molecule has 0 aliphatic rings. The van der Waals surface area contributed by atoms with E-state index in [0.29, 0.717) is 45.8 Å². The predicted octanol–water partition coefficient (Wildman–Crippen LogP) is 5.58. The standard InChI is InChI=1S/C33H28ClN7O3/c34-29-28(20-11-14-25-26(17-20)40-41-30(25)35)38-32(39-29)27(15-19-7-3-1-4-8-19)37-33(43)24-13-12-21(31(36)42)16-22(24)18-44-23-9-5-2-6-10-23/h1-14,16-17,27H,15,18H2,(H2,36,42)(H,37,43)(H,38,39)(H3,35,40,41)/t27-/m0/s1. The number of nitrogens with two attached hydrogens (primary N) is 2. The van der Waals surface area contributed by atoms with Crippen LogP contribution in [0.25, 0.3) is 22.2 Å². The van der Waals surface area contributed by atoms with Crippen molar-refractivity contribution in [2.24, 2.45) is 5.73 Å². The Hall–Kier alpha value is -5.61. The quantitative estimate of drug-likeness (QED) is 0.137. The number of aromatic amines is 2. The van der Waals surface area contributed by atoms with Gasteiger partial charge in [0.1, 0.15) is 29.0 Å². The van der Waals surface area contributed by atoms with Crippen molar-refractivity contribution >= 4 is 40.1 Å². The topological polar surface area (TPSA) is 165 Å². The summed E-state index contributed by atoms with van der Waals surface area (Å²) in [5, 5.41) is 11.2. The third-order valence-corrected chi connectivity index (χ3v) is 7.51. The first kappa shape index (κ1) is 28.5. The molecular weight excluding hydrogens is 578 g/mol. The van der Waals surface area contributed by atoms with Gasteiger partial charge >= 0.3 is 0 Å². The van der Waals surface area contributed by atoms with Gasteiger partial charge in [0.25, 0.3) is 5.91 Å². The zero-order valence-electron chi connectivity index (χ0n) is 23.4. The number of imidazole rings is 1. The van der Waals surface area contributed by atoms with Crippen LogP contribution < -0.4 is 21.5 Å². The SMILES string of the molecule is NC(=O)c1ccc(C(=O)N[C@@H](Cc2ccccc2)c2nc(-c3ccc4c(N)n[nH]c4c3)c(Cl)[nH]2)c(COc2ccccc2)c1. The molecule has 2 heterocycles. The number of nitrogens with one attached hydrogen (secondary N) is 3. The van der Waals surface area contributed by atoms with Gasteiger partial charge in [-0.3, -0.25) is 14.7 Å². The predicted molar refractivity (Wildman–Crippen MR) is 169 cm³/mol. The van der Waals surface area contributed by atoms with E-state index < -0.39 is 11.9 Å². The molecule has 0 radical (unpaired) electrons. The van der Waals surface area contributed by atoms with Crippen LogP contribution in [0.1, 0.15) is 43.7 Å². The fourth-order valence-electron chi connectivity index (χ4n) is 4.98. The average molecular weight is 606 g/mol. The summed E-state index contributed by atoms with van der Waals surface area (Å²) in [5.41, 5.74) is 15.6. The second-order valence-electron chi connectivity index (χ2n) is 10.2. The van der Waals surface area contributed by atoms with E-state index in [-0.39, 0.29) is 18.1 Å². The van der Waals surface area contributed by atoms with Gasteiger partial charge in [-0.1, -0.05) is 66.2 Å². The third kappa shape index (κ3) is 6.11. The number of carbonyl (C=O) groups excluding carboxylic acids is 2. The van der Waals surface area contributed by atoms with E-state index in [4.69, 9.17) is 32.8 Å². The Morgan fingerprint density at radius 2 is 1.70 bits per heavy atom. The van der Waals surface area contributed by atoms with Crippen LogP contribution in [0.4, 0.5) is 5.82 Å². The van der Waals surface area contributed by atoms with Gasteiger partial charge in [0.2, 0.25) is 5.91 Å². The van der Waals surface area contributed by atoms with Crippen LogP contribution in [-0.4, -0.2) is 32.0 Å². The number of halogens is 1. The van der Waals surface area contributed by atoms with Crippen molar-refractivity contribution < 1.29 is 14.3 Å². The van der Waals surface area contributed by atoms with Gasteiger partial charge < -0.3 is 26.5 Å². The number of aromatic nitrogens is 4. The molecule has 2 aromatic heterocycles. The molecule has 0 fully saturated rings. The van der Waals surface area contributed by atoms with Crippen LogP contribution in [0.2, 0.25) is 5.15 Å². The van der Waals surface area contributed by atoms with E-state index in [1.807, 2.05) is 78.9 Å². The normalized spacial score (nSPS) is 11.8. The number of ether oxygens (including phenoxy) is 1. The summed E-state index contributed by atoms with van der Waals surface area (Å²) in [5.74, 6) is 0.524. The Morgan fingerprint density at radius 1 is 0.955 bits per heavy atom. The number of para-hydroxylation sites is 1. The highest BCUT2D eigenvalue weighted by Crippen LogP contribution is 2.31. The van der Waals surface area contributed by atoms with Crippen molar-refractivity contribution in [3.63, 3.8) is 0 Å². The largest absolute Gasteiger partial charge is 0.489 e. The summed E-state index contributed by atoms with van der Waals surface area (Å²) in [6.45, 7) is 0.0502. The summed E-state index contributed by atoms with van der Waals surface area (Å²) < 4.78 is 5.92. The van der Waals surface area contributed by atoms with Gasteiger partial charge in [-0.2, -0.15) is 5.10 Å². The number of anilines is 1. The highest BCUT2D eigenvalue weighted by Gasteiger charge is 2.24. The minimum absolute atomic E-state index is 0.0502. The molecule has 0 saturated carbocycles. The Kier molecular flexibility index (Phi) is 7.98. The molecule has 7 N–H and O–H groups in total. The zero-order chi connectivity index (χ0) is 30.6. The zero-order valence-corrected chi connectivity index (χ0v) is 24.1. The molecule has 0 unspecified atom stereocenters. The number of hydrogen-bond acceptors (Lipinski definition) is 6. The number of H-pyrrole nitrogens is 2. The number of benzene rings is 4. The molecule has 0 spiro atoms. The lowest BCUT2D eigenvalue weighted by atomic mass is 10.0. The van der Waals surface area contributed by atoms with Gasteiger partial charge in [-0.15, -0.1) is 0 Å².